The van der Waals surface area contributed by atoms with Crippen LogP contribution in [0.4, 0.5) is 5.69 Å². The van der Waals surface area contributed by atoms with Crippen molar-refractivity contribution in [1.82, 2.24) is 20.4 Å². The Bertz CT molecular complexity index is 714. The molecule has 25 heavy (non-hydrogen) atoms. The molecule has 2 aromatic rings. The van der Waals surface area contributed by atoms with Crippen molar-refractivity contribution in [2.24, 2.45) is 5.92 Å². The fourth-order valence-electron chi connectivity index (χ4n) is 3.16. The monoisotopic (exact) mass is 341 g/mol. The van der Waals surface area contributed by atoms with Crippen LogP contribution in [0.15, 0.2) is 43.0 Å². The number of hydrazine groups is 1. The van der Waals surface area contributed by atoms with Gasteiger partial charge in [-0.15, -0.1) is 0 Å². The molecule has 7 heteroatoms. The Morgan fingerprint density at radius 1 is 1.32 bits per heavy atom. The number of hydrogen-bond acceptors (Lipinski definition) is 5. The SMILES string of the molecule is O=C(Nc1ccccc1OCCn1ccnc1)C1CC(C2CC2)NN1. The van der Waals surface area contributed by atoms with Gasteiger partial charge < -0.3 is 14.6 Å². The molecule has 1 aliphatic heterocycles. The van der Waals surface area contributed by atoms with Gasteiger partial charge in [0.25, 0.3) is 0 Å². The number of imidazole rings is 1. The average molecular weight is 341 g/mol. The zero-order valence-electron chi connectivity index (χ0n) is 14.0. The first kappa shape index (κ1) is 16.1. The highest BCUT2D eigenvalue weighted by Gasteiger charge is 2.38. The summed E-state index contributed by atoms with van der Waals surface area (Å²) in [5.74, 6) is 1.38. The Morgan fingerprint density at radius 2 is 2.20 bits per heavy atom. The molecule has 1 aliphatic carbocycles. The molecule has 2 aliphatic rings. The molecule has 7 nitrogen and oxygen atoms in total. The maximum atomic E-state index is 12.5. The van der Waals surface area contributed by atoms with Crippen molar-refractivity contribution in [3.05, 3.63) is 43.0 Å². The number of benzene rings is 1. The predicted octanol–water partition coefficient (Wildman–Crippen LogP) is 1.55. The van der Waals surface area contributed by atoms with Gasteiger partial charge in [0.1, 0.15) is 18.4 Å². The lowest BCUT2D eigenvalue weighted by Crippen LogP contribution is -2.40. The van der Waals surface area contributed by atoms with Gasteiger partial charge in [-0.05, 0) is 37.3 Å². The maximum absolute atomic E-state index is 12.5. The van der Waals surface area contributed by atoms with E-state index >= 15 is 0 Å². The summed E-state index contributed by atoms with van der Waals surface area (Å²) in [6, 6.07) is 7.75. The van der Waals surface area contributed by atoms with Crippen LogP contribution in [0.3, 0.4) is 0 Å². The number of anilines is 1. The lowest BCUT2D eigenvalue weighted by atomic mass is 10.1. The number of ether oxygens (including phenoxy) is 1. The molecule has 1 saturated carbocycles. The van der Waals surface area contributed by atoms with Crippen molar-refractivity contribution < 1.29 is 9.53 Å². The van der Waals surface area contributed by atoms with Crippen LogP contribution in [-0.2, 0) is 11.3 Å². The largest absolute Gasteiger partial charge is 0.490 e. The summed E-state index contributed by atoms with van der Waals surface area (Å²) in [6.45, 7) is 1.22. The molecule has 1 aromatic carbocycles. The summed E-state index contributed by atoms with van der Waals surface area (Å²) < 4.78 is 7.80. The van der Waals surface area contributed by atoms with E-state index in [2.05, 4.69) is 21.2 Å². The minimum Gasteiger partial charge on any atom is -0.490 e. The van der Waals surface area contributed by atoms with Gasteiger partial charge in [0.2, 0.25) is 5.91 Å². The van der Waals surface area contributed by atoms with Crippen LogP contribution in [0, 0.1) is 5.92 Å². The van der Waals surface area contributed by atoms with E-state index in [9.17, 15) is 4.79 Å². The van der Waals surface area contributed by atoms with E-state index < -0.39 is 0 Å². The molecule has 2 fully saturated rings. The number of hydrogen-bond donors (Lipinski definition) is 3. The van der Waals surface area contributed by atoms with E-state index in [1.54, 1.807) is 12.5 Å². The van der Waals surface area contributed by atoms with E-state index in [-0.39, 0.29) is 11.9 Å². The zero-order chi connectivity index (χ0) is 17.1. The third kappa shape index (κ3) is 4.00. The van der Waals surface area contributed by atoms with Gasteiger partial charge in [-0.25, -0.2) is 10.4 Å². The highest BCUT2D eigenvalue weighted by molar-refractivity contribution is 5.96. The molecule has 132 valence electrons. The number of para-hydroxylation sites is 2. The molecule has 0 radical (unpaired) electrons. The van der Waals surface area contributed by atoms with E-state index in [1.807, 2.05) is 35.0 Å². The Kier molecular flexibility index (Phi) is 4.67. The summed E-state index contributed by atoms with van der Waals surface area (Å²) in [5, 5.41) is 2.99. The van der Waals surface area contributed by atoms with Crippen LogP contribution >= 0.6 is 0 Å². The van der Waals surface area contributed by atoms with Gasteiger partial charge in [-0.1, -0.05) is 12.1 Å². The molecule has 1 amide bonds. The van der Waals surface area contributed by atoms with Crippen molar-refractivity contribution in [2.45, 2.75) is 37.9 Å². The second kappa shape index (κ2) is 7.25. The first-order valence-electron chi connectivity index (χ1n) is 8.79. The van der Waals surface area contributed by atoms with E-state index in [4.69, 9.17) is 4.74 Å². The normalized spacial score (nSPS) is 22.7. The first-order chi connectivity index (χ1) is 12.3. The van der Waals surface area contributed by atoms with E-state index in [1.165, 1.54) is 12.8 Å². The van der Waals surface area contributed by atoms with E-state index in [0.29, 0.717) is 30.6 Å². The fourth-order valence-corrected chi connectivity index (χ4v) is 3.16. The van der Waals surface area contributed by atoms with Crippen molar-refractivity contribution in [1.29, 1.82) is 0 Å². The smallest absolute Gasteiger partial charge is 0.243 e. The quantitative estimate of drug-likeness (QED) is 0.712. The lowest BCUT2D eigenvalue weighted by Gasteiger charge is -2.15. The standard InChI is InChI=1S/C18H23N5O2/c24-18(16-11-15(21-22-16)13-5-6-13)20-14-3-1-2-4-17(14)25-10-9-23-8-7-19-12-23/h1-4,7-8,12-13,15-16,21-22H,5-6,9-11H2,(H,20,24). The number of aromatic nitrogens is 2. The molecule has 1 aromatic heterocycles. The van der Waals surface area contributed by atoms with Crippen LogP contribution in [0.1, 0.15) is 19.3 Å². The van der Waals surface area contributed by atoms with Crippen molar-refractivity contribution in [2.75, 3.05) is 11.9 Å². The Hall–Kier alpha value is -2.38. The van der Waals surface area contributed by atoms with Crippen LogP contribution in [-0.4, -0.2) is 34.1 Å². The molecular formula is C18H23N5O2. The van der Waals surface area contributed by atoms with Gasteiger partial charge in [-0.2, -0.15) is 0 Å². The lowest BCUT2D eigenvalue weighted by molar-refractivity contribution is -0.117. The Labute approximate surface area is 146 Å². The third-order valence-corrected chi connectivity index (χ3v) is 4.75. The first-order valence-corrected chi connectivity index (χ1v) is 8.79. The number of carbonyl (C=O) groups excluding carboxylic acids is 1. The van der Waals surface area contributed by atoms with Gasteiger partial charge in [-0.3, -0.25) is 10.2 Å². The van der Waals surface area contributed by atoms with Crippen molar-refractivity contribution in [3.63, 3.8) is 0 Å². The molecule has 2 atom stereocenters. The maximum Gasteiger partial charge on any atom is 0.243 e. The summed E-state index contributed by atoms with van der Waals surface area (Å²) in [4.78, 5) is 16.5. The van der Waals surface area contributed by atoms with E-state index in [0.717, 1.165) is 12.3 Å². The summed E-state index contributed by atoms with van der Waals surface area (Å²) in [5.41, 5.74) is 7.07. The Balaban J connectivity index is 1.33. The van der Waals surface area contributed by atoms with Crippen molar-refractivity contribution in [3.8, 4) is 5.75 Å². The topological polar surface area (TPSA) is 80.2 Å². The molecule has 0 spiro atoms. The number of nitrogens with zero attached hydrogens (tertiary/aromatic N) is 2. The minimum atomic E-state index is -0.204. The van der Waals surface area contributed by atoms with Crippen LogP contribution in [0.2, 0.25) is 0 Å². The predicted molar refractivity (Wildman–Crippen MR) is 94.0 cm³/mol. The molecule has 4 rings (SSSR count). The second-order valence-electron chi connectivity index (χ2n) is 6.66. The molecule has 2 unspecified atom stereocenters. The average Bonchev–Trinajstić information content (AvgIpc) is 3.13. The molecule has 2 heterocycles. The van der Waals surface area contributed by atoms with Crippen LogP contribution in [0.25, 0.3) is 0 Å². The number of nitrogens with one attached hydrogen (secondary N) is 3. The zero-order valence-corrected chi connectivity index (χ0v) is 14.0. The number of rotatable bonds is 7. The molecule has 0 bridgehead atoms. The summed E-state index contributed by atoms with van der Waals surface area (Å²) >= 11 is 0. The molecular weight excluding hydrogens is 318 g/mol. The number of carbonyl (C=O) groups is 1. The summed E-state index contributed by atoms with van der Waals surface area (Å²) in [7, 11) is 0. The highest BCUT2D eigenvalue weighted by atomic mass is 16.5. The fraction of sp³-hybridized carbons (Fsp3) is 0.444. The molecule has 3 N–H and O–H groups in total. The highest BCUT2D eigenvalue weighted by Crippen LogP contribution is 2.35. The minimum absolute atomic E-state index is 0.0266. The van der Waals surface area contributed by atoms with Gasteiger partial charge in [0.15, 0.2) is 0 Å². The third-order valence-electron chi connectivity index (χ3n) is 4.75. The second-order valence-corrected chi connectivity index (χ2v) is 6.66. The van der Waals surface area contributed by atoms with Gasteiger partial charge >= 0.3 is 0 Å². The van der Waals surface area contributed by atoms with Crippen LogP contribution in [0.5, 0.6) is 5.75 Å². The summed E-state index contributed by atoms with van der Waals surface area (Å²) in [6.07, 6.45) is 8.76. The van der Waals surface area contributed by atoms with Crippen LogP contribution < -0.4 is 20.9 Å². The molecule has 1 saturated heterocycles. The number of amides is 1. The van der Waals surface area contributed by atoms with Gasteiger partial charge in [0, 0.05) is 18.4 Å². The Morgan fingerprint density at radius 3 is 3.00 bits per heavy atom. The van der Waals surface area contributed by atoms with Gasteiger partial charge in [0.05, 0.1) is 18.6 Å². The van der Waals surface area contributed by atoms with Crippen molar-refractivity contribution >= 4 is 11.6 Å².